The molecule has 5 nitrogen and oxygen atoms in total. The molecular weight excluding hydrogens is 290 g/mol. The number of nitrogens with zero attached hydrogens (tertiary/aromatic N) is 1. The topological polar surface area (TPSA) is 67.0 Å². The third-order valence-corrected chi connectivity index (χ3v) is 3.60. The molecule has 0 atom stereocenters. The van der Waals surface area contributed by atoms with Gasteiger partial charge < -0.3 is 15.0 Å². The van der Waals surface area contributed by atoms with Crippen molar-refractivity contribution in [3.8, 4) is 17.1 Å². The molecular formula is C15H16ClN3O2. The molecule has 0 aliphatic heterocycles. The molecule has 2 aromatic rings. The first-order valence-corrected chi connectivity index (χ1v) is 7.21. The number of methoxy groups -OCH3 is 1. The summed E-state index contributed by atoms with van der Waals surface area (Å²) >= 11 is 5.95. The smallest absolute Gasteiger partial charge is 0.251 e. The van der Waals surface area contributed by atoms with Crippen LogP contribution >= 0.6 is 11.6 Å². The maximum atomic E-state index is 11.8. The molecule has 0 radical (unpaired) electrons. The van der Waals surface area contributed by atoms with Crippen LogP contribution in [0.5, 0.6) is 5.75 Å². The van der Waals surface area contributed by atoms with Crippen LogP contribution in [0.15, 0.2) is 29.1 Å². The minimum absolute atomic E-state index is 0.176. The lowest BCUT2D eigenvalue weighted by molar-refractivity contribution is 0.416. The Bertz CT molecular complexity index is 710. The van der Waals surface area contributed by atoms with E-state index in [1.165, 1.54) is 18.9 Å². The standard InChI is InChI=1S/C15H16ClN3O2/c1-21-13-6-9(16)2-5-12(13)15-18-11(7-14(20)19-15)8-17-10-3-4-10/h2,5-7,10,17H,3-4,8H2,1H3,(H,18,19,20). The Morgan fingerprint density at radius 3 is 2.95 bits per heavy atom. The summed E-state index contributed by atoms with van der Waals surface area (Å²) in [6, 6.07) is 7.32. The zero-order valence-corrected chi connectivity index (χ0v) is 12.4. The number of benzene rings is 1. The van der Waals surface area contributed by atoms with E-state index >= 15 is 0 Å². The molecule has 1 aromatic carbocycles. The number of H-pyrrole nitrogens is 1. The molecule has 1 aliphatic carbocycles. The molecule has 6 heteroatoms. The molecule has 110 valence electrons. The summed E-state index contributed by atoms with van der Waals surface area (Å²) in [5, 5.41) is 3.92. The maximum Gasteiger partial charge on any atom is 0.251 e. The van der Waals surface area contributed by atoms with Gasteiger partial charge in [0.05, 0.1) is 18.4 Å². The van der Waals surface area contributed by atoms with Crippen molar-refractivity contribution in [2.45, 2.75) is 25.4 Å². The van der Waals surface area contributed by atoms with Crippen LogP contribution in [0.25, 0.3) is 11.4 Å². The van der Waals surface area contributed by atoms with E-state index in [9.17, 15) is 4.79 Å². The van der Waals surface area contributed by atoms with Crippen LogP contribution in [0.1, 0.15) is 18.5 Å². The van der Waals surface area contributed by atoms with E-state index in [-0.39, 0.29) is 5.56 Å². The van der Waals surface area contributed by atoms with Gasteiger partial charge >= 0.3 is 0 Å². The number of nitrogens with one attached hydrogen (secondary N) is 2. The third-order valence-electron chi connectivity index (χ3n) is 3.36. The average molecular weight is 306 g/mol. The molecule has 0 spiro atoms. The van der Waals surface area contributed by atoms with Crippen molar-refractivity contribution in [2.75, 3.05) is 7.11 Å². The number of rotatable bonds is 5. The molecule has 1 aliphatic rings. The van der Waals surface area contributed by atoms with Crippen molar-refractivity contribution in [1.29, 1.82) is 0 Å². The van der Waals surface area contributed by atoms with Crippen molar-refractivity contribution >= 4 is 11.6 Å². The van der Waals surface area contributed by atoms with Crippen LogP contribution in [0.2, 0.25) is 5.02 Å². The van der Waals surface area contributed by atoms with Gasteiger partial charge in [-0.1, -0.05) is 11.6 Å². The SMILES string of the molecule is COc1cc(Cl)ccc1-c1nc(CNC2CC2)cc(=O)[nH]1. The van der Waals surface area contributed by atoms with E-state index in [0.717, 1.165) is 5.69 Å². The van der Waals surface area contributed by atoms with Crippen LogP contribution in [0.3, 0.4) is 0 Å². The number of aromatic amines is 1. The van der Waals surface area contributed by atoms with Gasteiger partial charge in [-0.25, -0.2) is 4.98 Å². The van der Waals surface area contributed by atoms with E-state index in [0.29, 0.717) is 34.7 Å². The van der Waals surface area contributed by atoms with Crippen LogP contribution < -0.4 is 15.6 Å². The fourth-order valence-electron chi connectivity index (χ4n) is 2.12. The van der Waals surface area contributed by atoms with Crippen molar-refractivity contribution in [3.63, 3.8) is 0 Å². The first kappa shape index (κ1) is 14.1. The van der Waals surface area contributed by atoms with Gasteiger partial charge in [0.2, 0.25) is 0 Å². The highest BCUT2D eigenvalue weighted by molar-refractivity contribution is 6.30. The fourth-order valence-corrected chi connectivity index (χ4v) is 2.29. The third kappa shape index (κ3) is 3.43. The number of halogens is 1. The highest BCUT2D eigenvalue weighted by atomic mass is 35.5. The second-order valence-corrected chi connectivity index (χ2v) is 5.52. The Morgan fingerprint density at radius 1 is 1.43 bits per heavy atom. The minimum atomic E-state index is -0.176. The van der Waals surface area contributed by atoms with Gasteiger partial charge in [-0.3, -0.25) is 4.79 Å². The highest BCUT2D eigenvalue weighted by Gasteiger charge is 2.20. The molecule has 0 amide bonds. The van der Waals surface area contributed by atoms with Gasteiger partial charge in [0.25, 0.3) is 5.56 Å². The predicted octanol–water partition coefficient (Wildman–Crippen LogP) is 2.35. The van der Waals surface area contributed by atoms with E-state index in [4.69, 9.17) is 16.3 Å². The Kier molecular flexibility index (Phi) is 3.94. The molecule has 3 rings (SSSR count). The quantitative estimate of drug-likeness (QED) is 0.890. The van der Waals surface area contributed by atoms with Gasteiger partial charge in [-0.2, -0.15) is 0 Å². The zero-order valence-electron chi connectivity index (χ0n) is 11.6. The molecule has 1 heterocycles. The number of aromatic nitrogens is 2. The molecule has 21 heavy (non-hydrogen) atoms. The van der Waals surface area contributed by atoms with Crippen molar-refractivity contribution in [3.05, 3.63) is 45.3 Å². The fraction of sp³-hybridized carbons (Fsp3) is 0.333. The number of ether oxygens (including phenoxy) is 1. The number of hydrogen-bond donors (Lipinski definition) is 2. The molecule has 0 unspecified atom stereocenters. The first-order valence-electron chi connectivity index (χ1n) is 6.83. The van der Waals surface area contributed by atoms with Crippen LogP contribution in [0.4, 0.5) is 0 Å². The summed E-state index contributed by atoms with van der Waals surface area (Å²) in [6.07, 6.45) is 2.39. The van der Waals surface area contributed by atoms with Gasteiger partial charge in [0, 0.05) is 23.7 Å². The summed E-state index contributed by atoms with van der Waals surface area (Å²) in [6.45, 7) is 0.595. The van der Waals surface area contributed by atoms with E-state index in [1.54, 1.807) is 25.3 Å². The summed E-state index contributed by atoms with van der Waals surface area (Å²) in [5.41, 5.74) is 1.26. The largest absolute Gasteiger partial charge is 0.496 e. The van der Waals surface area contributed by atoms with E-state index in [2.05, 4.69) is 15.3 Å². The second-order valence-electron chi connectivity index (χ2n) is 5.09. The van der Waals surface area contributed by atoms with E-state index in [1.807, 2.05) is 0 Å². The molecule has 0 bridgehead atoms. The second kappa shape index (κ2) is 5.87. The molecule has 1 aromatic heterocycles. The normalized spacial score (nSPS) is 14.2. The zero-order chi connectivity index (χ0) is 14.8. The predicted molar refractivity (Wildman–Crippen MR) is 81.7 cm³/mol. The Labute approximate surface area is 127 Å². The molecule has 2 N–H and O–H groups in total. The van der Waals surface area contributed by atoms with Crippen molar-refractivity contribution in [2.24, 2.45) is 0 Å². The Balaban J connectivity index is 1.95. The van der Waals surface area contributed by atoms with Gasteiger partial charge in [0.1, 0.15) is 11.6 Å². The molecule has 0 saturated heterocycles. The Morgan fingerprint density at radius 2 is 2.24 bits per heavy atom. The first-order chi connectivity index (χ1) is 10.2. The lowest BCUT2D eigenvalue weighted by Crippen LogP contribution is -2.19. The lowest BCUT2D eigenvalue weighted by Gasteiger charge is -2.09. The average Bonchev–Trinajstić information content (AvgIpc) is 3.28. The molecule has 1 fully saturated rings. The highest BCUT2D eigenvalue weighted by Crippen LogP contribution is 2.29. The number of hydrogen-bond acceptors (Lipinski definition) is 4. The summed E-state index contributed by atoms with van der Waals surface area (Å²) in [7, 11) is 1.56. The van der Waals surface area contributed by atoms with Crippen molar-refractivity contribution in [1.82, 2.24) is 15.3 Å². The summed E-state index contributed by atoms with van der Waals surface area (Å²) in [5.74, 6) is 1.07. The monoisotopic (exact) mass is 305 g/mol. The lowest BCUT2D eigenvalue weighted by atomic mass is 10.2. The summed E-state index contributed by atoms with van der Waals surface area (Å²) < 4.78 is 5.31. The Hall–Kier alpha value is -1.85. The van der Waals surface area contributed by atoms with Crippen molar-refractivity contribution < 1.29 is 4.74 Å². The van der Waals surface area contributed by atoms with Gasteiger partial charge in [-0.15, -0.1) is 0 Å². The van der Waals surface area contributed by atoms with Crippen LogP contribution in [-0.2, 0) is 6.54 Å². The van der Waals surface area contributed by atoms with Gasteiger partial charge in [-0.05, 0) is 31.0 Å². The maximum absolute atomic E-state index is 11.8. The molecule has 1 saturated carbocycles. The summed E-state index contributed by atoms with van der Waals surface area (Å²) in [4.78, 5) is 19.1. The minimum Gasteiger partial charge on any atom is -0.496 e. The van der Waals surface area contributed by atoms with E-state index < -0.39 is 0 Å². The van der Waals surface area contributed by atoms with Crippen LogP contribution in [0, 0.1) is 0 Å². The van der Waals surface area contributed by atoms with Crippen LogP contribution in [-0.4, -0.2) is 23.1 Å². The van der Waals surface area contributed by atoms with Gasteiger partial charge in [0.15, 0.2) is 0 Å².